The molecule has 0 bridgehead atoms. The number of aromatic nitrogens is 2. The summed E-state index contributed by atoms with van der Waals surface area (Å²) >= 11 is 0. The summed E-state index contributed by atoms with van der Waals surface area (Å²) in [6.45, 7) is 7.56. The second-order valence-corrected chi connectivity index (χ2v) is 10.3. The minimum atomic E-state index is -0.280. The Morgan fingerprint density at radius 2 is 1.83 bits per heavy atom. The molecule has 0 spiro atoms. The Morgan fingerprint density at radius 1 is 1.17 bits per heavy atom. The number of benzene rings is 1. The number of hydrogen-bond acceptors (Lipinski definition) is 5. The molecule has 0 radical (unpaired) electrons. The van der Waals surface area contributed by atoms with Crippen molar-refractivity contribution in [3.63, 3.8) is 0 Å². The van der Waals surface area contributed by atoms with Gasteiger partial charge in [-0.3, -0.25) is 9.48 Å². The highest BCUT2D eigenvalue weighted by Crippen LogP contribution is 2.34. The fraction of sp³-hybridized carbons (Fsp3) is 0.607. The lowest BCUT2D eigenvalue weighted by Gasteiger charge is -2.37. The van der Waals surface area contributed by atoms with Crippen molar-refractivity contribution in [1.82, 2.24) is 20.0 Å². The maximum atomic E-state index is 12.6. The molecule has 2 saturated heterocycles. The molecule has 1 aromatic heterocycles. The minimum absolute atomic E-state index is 0.000954. The first-order valence-electron chi connectivity index (χ1n) is 13.3. The lowest BCUT2D eigenvalue weighted by Crippen LogP contribution is -2.39. The monoisotopic (exact) mass is 495 g/mol. The number of anilines is 1. The largest absolute Gasteiger partial charge is 0.453 e. The van der Waals surface area contributed by atoms with Crippen LogP contribution < -0.4 is 10.2 Å². The van der Waals surface area contributed by atoms with Crippen LogP contribution in [0.4, 0.5) is 10.5 Å². The average molecular weight is 496 g/mol. The molecule has 2 amide bonds. The molecule has 2 aliphatic rings. The van der Waals surface area contributed by atoms with E-state index in [0.29, 0.717) is 12.3 Å². The van der Waals surface area contributed by atoms with Crippen molar-refractivity contribution >= 4 is 28.6 Å². The number of hydrogen-bond donors (Lipinski definition) is 1. The number of likely N-dealkylation sites (N-methyl/N-ethyl adjacent to an activating group) is 1. The molecule has 0 aliphatic carbocycles. The minimum Gasteiger partial charge on any atom is -0.453 e. The van der Waals surface area contributed by atoms with Crippen LogP contribution in [0.3, 0.4) is 0 Å². The molecule has 3 heterocycles. The number of methoxy groups -OCH3 is 1. The van der Waals surface area contributed by atoms with Gasteiger partial charge in [-0.25, -0.2) is 4.79 Å². The van der Waals surface area contributed by atoms with Gasteiger partial charge in [0.1, 0.15) is 0 Å². The van der Waals surface area contributed by atoms with Crippen LogP contribution >= 0.6 is 0 Å². The third-order valence-corrected chi connectivity index (χ3v) is 8.11. The number of ether oxygens (including phenoxy) is 1. The Hall–Kier alpha value is -3.03. The van der Waals surface area contributed by atoms with Gasteiger partial charge in [0.25, 0.3) is 0 Å². The van der Waals surface area contributed by atoms with E-state index in [2.05, 4.69) is 35.0 Å². The van der Waals surface area contributed by atoms with Crippen LogP contribution in [-0.4, -0.2) is 67.0 Å². The standard InChI is InChI=1S/C28H41N5O3/c1-5-6-7-24(27(34)29-2)26-23-9-8-22(19-25(23)31(3)30-26)32-14-10-20(11-15-32)18-21-12-16-33(17-13-21)28(35)36-4/h5,8-9,19-21,24H,1,6-7,10-18H2,2-4H3,(H,29,34). The molecule has 0 saturated carbocycles. The maximum Gasteiger partial charge on any atom is 0.409 e. The summed E-state index contributed by atoms with van der Waals surface area (Å²) in [5.41, 5.74) is 3.14. The summed E-state index contributed by atoms with van der Waals surface area (Å²) in [5, 5.41) is 8.61. The molecule has 1 unspecified atom stereocenters. The topological polar surface area (TPSA) is 79.7 Å². The van der Waals surface area contributed by atoms with E-state index >= 15 is 0 Å². The van der Waals surface area contributed by atoms with E-state index in [1.165, 1.54) is 32.1 Å². The van der Waals surface area contributed by atoms with Gasteiger partial charge in [0, 0.05) is 51.3 Å². The van der Waals surface area contributed by atoms with Crippen LogP contribution in [0.15, 0.2) is 30.9 Å². The quantitative estimate of drug-likeness (QED) is 0.547. The van der Waals surface area contributed by atoms with Crippen molar-refractivity contribution in [3.8, 4) is 0 Å². The predicted molar refractivity (Wildman–Crippen MR) is 143 cm³/mol. The Labute approximate surface area is 214 Å². The Kier molecular flexibility index (Phi) is 8.54. The first-order valence-corrected chi connectivity index (χ1v) is 13.3. The molecule has 196 valence electrons. The zero-order valence-corrected chi connectivity index (χ0v) is 22.0. The molecule has 4 rings (SSSR count). The lowest BCUT2D eigenvalue weighted by atomic mass is 9.83. The summed E-state index contributed by atoms with van der Waals surface area (Å²) in [6, 6.07) is 6.55. The summed E-state index contributed by atoms with van der Waals surface area (Å²) in [6.07, 6.45) is 8.96. The third kappa shape index (κ3) is 5.68. The molecule has 2 aliphatic heterocycles. The van der Waals surface area contributed by atoms with Crippen LogP contribution in [0.5, 0.6) is 0 Å². The second kappa shape index (κ2) is 11.8. The molecule has 8 nitrogen and oxygen atoms in total. The SMILES string of the molecule is C=CCCC(C(=O)NC)c1nn(C)c2cc(N3CCC(CC4CCN(C(=O)OC)CC4)CC3)ccc12. The van der Waals surface area contributed by atoms with Crippen LogP contribution in [0.1, 0.15) is 56.6 Å². The van der Waals surface area contributed by atoms with Gasteiger partial charge >= 0.3 is 6.09 Å². The second-order valence-electron chi connectivity index (χ2n) is 10.3. The fourth-order valence-corrected chi connectivity index (χ4v) is 5.96. The fourth-order valence-electron chi connectivity index (χ4n) is 5.96. The van der Waals surface area contributed by atoms with E-state index in [1.54, 1.807) is 7.05 Å². The smallest absolute Gasteiger partial charge is 0.409 e. The molecule has 1 aromatic carbocycles. The zero-order chi connectivity index (χ0) is 25.7. The molecule has 2 fully saturated rings. The van der Waals surface area contributed by atoms with Gasteiger partial charge in [-0.2, -0.15) is 5.10 Å². The zero-order valence-electron chi connectivity index (χ0n) is 22.0. The van der Waals surface area contributed by atoms with Gasteiger partial charge in [0.2, 0.25) is 5.91 Å². The lowest BCUT2D eigenvalue weighted by molar-refractivity contribution is -0.122. The molecule has 8 heteroatoms. The van der Waals surface area contributed by atoms with E-state index in [1.807, 2.05) is 22.7 Å². The van der Waals surface area contributed by atoms with E-state index in [9.17, 15) is 9.59 Å². The van der Waals surface area contributed by atoms with Crippen molar-refractivity contribution < 1.29 is 14.3 Å². The highest BCUT2D eigenvalue weighted by atomic mass is 16.5. The van der Waals surface area contributed by atoms with Crippen molar-refractivity contribution in [2.45, 2.75) is 50.9 Å². The van der Waals surface area contributed by atoms with Crippen LogP contribution in [0, 0.1) is 11.8 Å². The highest BCUT2D eigenvalue weighted by molar-refractivity contribution is 5.92. The Balaban J connectivity index is 1.37. The summed E-state index contributed by atoms with van der Waals surface area (Å²) < 4.78 is 6.77. The van der Waals surface area contributed by atoms with Crippen molar-refractivity contribution in [3.05, 3.63) is 36.5 Å². The Morgan fingerprint density at radius 3 is 2.44 bits per heavy atom. The molecule has 1 N–H and O–H groups in total. The van der Waals surface area contributed by atoms with Gasteiger partial charge in [-0.15, -0.1) is 6.58 Å². The van der Waals surface area contributed by atoms with Gasteiger partial charge in [-0.05, 0) is 75.0 Å². The van der Waals surface area contributed by atoms with Crippen LogP contribution in [0.25, 0.3) is 10.9 Å². The number of fused-ring (bicyclic) bond motifs is 1. The molecule has 36 heavy (non-hydrogen) atoms. The van der Waals surface area contributed by atoms with E-state index in [-0.39, 0.29) is 17.9 Å². The number of nitrogens with one attached hydrogen (secondary N) is 1. The van der Waals surface area contributed by atoms with E-state index in [4.69, 9.17) is 9.84 Å². The number of aryl methyl sites for hydroxylation is 1. The number of allylic oxidation sites excluding steroid dienone is 1. The van der Waals surface area contributed by atoms with Crippen molar-refractivity contribution in [2.24, 2.45) is 18.9 Å². The summed E-state index contributed by atoms with van der Waals surface area (Å²) in [5.74, 6) is 1.18. The normalized spacial score (nSPS) is 18.3. The number of carbonyl (C=O) groups is 2. The van der Waals surface area contributed by atoms with Gasteiger partial charge in [-0.1, -0.05) is 6.08 Å². The van der Waals surface area contributed by atoms with Crippen molar-refractivity contribution in [2.75, 3.05) is 45.2 Å². The van der Waals surface area contributed by atoms with Crippen molar-refractivity contribution in [1.29, 1.82) is 0 Å². The average Bonchev–Trinajstić information content (AvgIpc) is 3.24. The van der Waals surface area contributed by atoms with E-state index < -0.39 is 0 Å². The molecular weight excluding hydrogens is 454 g/mol. The predicted octanol–water partition coefficient (Wildman–Crippen LogP) is 4.45. The summed E-state index contributed by atoms with van der Waals surface area (Å²) in [7, 11) is 5.10. The first-order chi connectivity index (χ1) is 17.4. The molecule has 1 atom stereocenters. The number of amides is 2. The van der Waals surface area contributed by atoms with Crippen LogP contribution in [0.2, 0.25) is 0 Å². The van der Waals surface area contributed by atoms with E-state index in [0.717, 1.165) is 68.0 Å². The summed E-state index contributed by atoms with van der Waals surface area (Å²) in [4.78, 5) is 28.6. The molecular formula is C28H41N5O3. The molecule has 2 aromatic rings. The number of nitrogens with zero attached hydrogens (tertiary/aromatic N) is 4. The first kappa shape index (κ1) is 26.0. The highest BCUT2D eigenvalue weighted by Gasteiger charge is 2.28. The van der Waals surface area contributed by atoms with Crippen LogP contribution in [-0.2, 0) is 16.6 Å². The maximum absolute atomic E-state index is 12.6. The van der Waals surface area contributed by atoms with Gasteiger partial charge in [0.05, 0.1) is 24.2 Å². The Bertz CT molecular complexity index is 1060. The van der Waals surface area contributed by atoms with Gasteiger partial charge in [0.15, 0.2) is 0 Å². The third-order valence-electron chi connectivity index (χ3n) is 8.11. The van der Waals surface area contributed by atoms with Gasteiger partial charge < -0.3 is 19.9 Å². The number of piperidine rings is 2. The number of rotatable bonds is 8. The number of carbonyl (C=O) groups excluding carboxylic acids is 2. The number of likely N-dealkylation sites (tertiary alicyclic amines) is 1.